The summed E-state index contributed by atoms with van der Waals surface area (Å²) in [7, 11) is 0. The van der Waals surface area contributed by atoms with Gasteiger partial charge < -0.3 is 10.6 Å². The summed E-state index contributed by atoms with van der Waals surface area (Å²) in [6, 6.07) is 9.00. The van der Waals surface area contributed by atoms with Crippen molar-refractivity contribution < 1.29 is 9.59 Å². The summed E-state index contributed by atoms with van der Waals surface area (Å²) in [6.07, 6.45) is 6.65. The molecule has 154 valence electrons. The van der Waals surface area contributed by atoms with Crippen LogP contribution in [0.4, 0.5) is 0 Å². The number of benzene rings is 1. The van der Waals surface area contributed by atoms with Gasteiger partial charge in [-0.05, 0) is 17.9 Å². The standard InChI is InChI=1S/C22H31BN4O2/c1-5-23(4)20(13-16(2)3)27-21(28)18(14-17-9-7-6-8-10-17)26-22(29)19-15-24-11-12-25-19/h6-12,15-16,18,20H,5,13-14H2,1-4H3,(H,26,29)(H,27,28)/t18-,20+/m0/s1. The Labute approximate surface area is 174 Å². The molecule has 1 heterocycles. The van der Waals surface area contributed by atoms with Crippen LogP contribution in [0.2, 0.25) is 13.1 Å². The Morgan fingerprint density at radius 1 is 1.10 bits per heavy atom. The van der Waals surface area contributed by atoms with E-state index in [1.54, 1.807) is 0 Å². The normalized spacial score (nSPS) is 12.9. The minimum Gasteiger partial charge on any atom is -0.359 e. The zero-order valence-corrected chi connectivity index (χ0v) is 17.8. The number of hydrogen-bond donors (Lipinski definition) is 2. The van der Waals surface area contributed by atoms with Gasteiger partial charge in [-0.25, -0.2) is 4.98 Å². The molecule has 1 aromatic heterocycles. The molecule has 0 aliphatic rings. The lowest BCUT2D eigenvalue weighted by molar-refractivity contribution is -0.123. The van der Waals surface area contributed by atoms with Crippen molar-refractivity contribution in [2.45, 2.75) is 58.7 Å². The Hall–Kier alpha value is -2.70. The van der Waals surface area contributed by atoms with Crippen LogP contribution >= 0.6 is 0 Å². The average Bonchev–Trinajstić information content (AvgIpc) is 2.73. The van der Waals surface area contributed by atoms with Crippen LogP contribution in [0.15, 0.2) is 48.9 Å². The van der Waals surface area contributed by atoms with Crippen LogP contribution in [-0.4, -0.2) is 40.5 Å². The molecule has 0 bridgehead atoms. The lowest BCUT2D eigenvalue weighted by atomic mass is 9.43. The fraction of sp³-hybridized carbons (Fsp3) is 0.455. The van der Waals surface area contributed by atoms with E-state index in [1.807, 2.05) is 30.3 Å². The maximum Gasteiger partial charge on any atom is 0.272 e. The minimum absolute atomic E-state index is 0.0687. The summed E-state index contributed by atoms with van der Waals surface area (Å²) in [5, 5.41) is 6.03. The topological polar surface area (TPSA) is 84.0 Å². The first-order chi connectivity index (χ1) is 13.9. The molecule has 2 atom stereocenters. The van der Waals surface area contributed by atoms with Crippen molar-refractivity contribution in [3.05, 3.63) is 60.2 Å². The Morgan fingerprint density at radius 3 is 2.41 bits per heavy atom. The smallest absolute Gasteiger partial charge is 0.272 e. The molecule has 2 aromatic rings. The number of rotatable bonds is 10. The number of aromatic nitrogens is 2. The first-order valence-electron chi connectivity index (χ1n) is 10.3. The lowest BCUT2D eigenvalue weighted by Gasteiger charge is -2.27. The predicted molar refractivity (Wildman–Crippen MR) is 117 cm³/mol. The van der Waals surface area contributed by atoms with Crippen molar-refractivity contribution in [1.82, 2.24) is 20.6 Å². The van der Waals surface area contributed by atoms with E-state index in [0.717, 1.165) is 18.3 Å². The second-order valence-corrected chi connectivity index (χ2v) is 7.94. The quantitative estimate of drug-likeness (QED) is 0.607. The van der Waals surface area contributed by atoms with Gasteiger partial charge in [0.2, 0.25) is 5.91 Å². The maximum atomic E-state index is 13.2. The van der Waals surface area contributed by atoms with E-state index >= 15 is 0 Å². The maximum absolute atomic E-state index is 13.2. The molecule has 0 aliphatic carbocycles. The highest BCUT2D eigenvalue weighted by Crippen LogP contribution is 2.12. The second-order valence-electron chi connectivity index (χ2n) is 7.94. The highest BCUT2D eigenvalue weighted by Gasteiger charge is 2.28. The summed E-state index contributed by atoms with van der Waals surface area (Å²) >= 11 is 0. The molecule has 0 unspecified atom stereocenters. The first-order valence-corrected chi connectivity index (χ1v) is 10.3. The van der Waals surface area contributed by atoms with Gasteiger partial charge in [-0.3, -0.25) is 14.6 Å². The Balaban J connectivity index is 2.18. The number of hydrogen-bond acceptors (Lipinski definition) is 4. The SMILES string of the molecule is CCB(C)[C@@H](CC(C)C)NC(=O)[C@H](Cc1ccccc1)NC(=O)c1cnccn1. The average molecular weight is 394 g/mol. The number of carbonyl (C=O) groups excluding carboxylic acids is 2. The fourth-order valence-corrected chi connectivity index (χ4v) is 3.22. The number of amides is 2. The van der Waals surface area contributed by atoms with Crippen molar-refractivity contribution in [2.24, 2.45) is 5.92 Å². The van der Waals surface area contributed by atoms with Gasteiger partial charge in [0, 0.05) is 24.8 Å². The first kappa shape index (κ1) is 22.6. The lowest BCUT2D eigenvalue weighted by Crippen LogP contribution is -2.54. The predicted octanol–water partition coefficient (Wildman–Crippen LogP) is 3.03. The van der Waals surface area contributed by atoms with E-state index in [-0.39, 0.29) is 17.5 Å². The van der Waals surface area contributed by atoms with Crippen LogP contribution in [0.3, 0.4) is 0 Å². The summed E-state index contributed by atoms with van der Waals surface area (Å²) < 4.78 is 0. The van der Waals surface area contributed by atoms with Gasteiger partial charge in [-0.1, -0.05) is 64.2 Å². The molecule has 2 rings (SSSR count). The van der Waals surface area contributed by atoms with Crippen molar-refractivity contribution in [3.63, 3.8) is 0 Å². The van der Waals surface area contributed by atoms with Crippen LogP contribution in [-0.2, 0) is 11.2 Å². The van der Waals surface area contributed by atoms with Crippen molar-refractivity contribution in [2.75, 3.05) is 0 Å². The van der Waals surface area contributed by atoms with Crippen LogP contribution in [0, 0.1) is 5.92 Å². The van der Waals surface area contributed by atoms with Crippen molar-refractivity contribution in [3.8, 4) is 0 Å². The molecule has 1 aromatic carbocycles. The summed E-state index contributed by atoms with van der Waals surface area (Å²) in [5.74, 6) is -0.0366. The van der Waals surface area contributed by atoms with Crippen LogP contribution in [0.5, 0.6) is 0 Å². The van der Waals surface area contributed by atoms with Crippen LogP contribution in [0.25, 0.3) is 0 Å². The van der Waals surface area contributed by atoms with E-state index in [2.05, 4.69) is 48.2 Å². The molecule has 29 heavy (non-hydrogen) atoms. The van der Waals surface area contributed by atoms with Gasteiger partial charge >= 0.3 is 0 Å². The Bertz CT molecular complexity index is 771. The molecule has 7 heteroatoms. The zero-order valence-electron chi connectivity index (χ0n) is 17.8. The van der Waals surface area contributed by atoms with Gasteiger partial charge in [0.25, 0.3) is 5.91 Å². The molecule has 0 radical (unpaired) electrons. The monoisotopic (exact) mass is 394 g/mol. The van der Waals surface area contributed by atoms with Crippen molar-refractivity contribution >= 4 is 18.5 Å². The second kappa shape index (κ2) is 11.3. The zero-order chi connectivity index (χ0) is 21.2. The molecule has 2 N–H and O–H groups in total. The summed E-state index contributed by atoms with van der Waals surface area (Å²) in [6.45, 7) is 8.94. The van der Waals surface area contributed by atoms with Gasteiger partial charge in [0.05, 0.1) is 6.20 Å². The van der Waals surface area contributed by atoms with E-state index in [9.17, 15) is 9.59 Å². The number of nitrogens with zero attached hydrogens (tertiary/aromatic N) is 2. The number of carbonyl (C=O) groups is 2. The third-order valence-corrected chi connectivity index (χ3v) is 5.08. The largest absolute Gasteiger partial charge is 0.359 e. The van der Waals surface area contributed by atoms with E-state index in [1.165, 1.54) is 18.6 Å². The summed E-state index contributed by atoms with van der Waals surface area (Å²) in [4.78, 5) is 33.7. The minimum atomic E-state index is -0.689. The Kier molecular flexibility index (Phi) is 8.84. The van der Waals surface area contributed by atoms with E-state index < -0.39 is 11.9 Å². The molecule has 0 saturated heterocycles. The van der Waals surface area contributed by atoms with Crippen molar-refractivity contribution in [1.29, 1.82) is 0 Å². The molecule has 2 amide bonds. The molecule has 0 spiro atoms. The molecule has 0 saturated carbocycles. The van der Waals surface area contributed by atoms with Crippen LogP contribution in [0.1, 0.15) is 43.2 Å². The molecular weight excluding hydrogens is 363 g/mol. The highest BCUT2D eigenvalue weighted by molar-refractivity contribution is 6.59. The molecule has 6 nitrogen and oxygen atoms in total. The third-order valence-electron chi connectivity index (χ3n) is 5.08. The van der Waals surface area contributed by atoms with Gasteiger partial charge in [0.1, 0.15) is 11.7 Å². The van der Waals surface area contributed by atoms with E-state index in [4.69, 9.17) is 0 Å². The highest BCUT2D eigenvalue weighted by atomic mass is 16.2. The summed E-state index contributed by atoms with van der Waals surface area (Å²) in [5.41, 5.74) is 1.18. The fourth-order valence-electron chi connectivity index (χ4n) is 3.22. The van der Waals surface area contributed by atoms with Gasteiger partial charge in [-0.15, -0.1) is 0 Å². The van der Waals surface area contributed by atoms with E-state index in [0.29, 0.717) is 19.1 Å². The number of nitrogens with one attached hydrogen (secondary N) is 2. The van der Waals surface area contributed by atoms with Gasteiger partial charge in [0.15, 0.2) is 6.71 Å². The molecular formula is C22H31BN4O2. The molecule has 0 fully saturated rings. The third kappa shape index (κ3) is 7.33. The molecule has 0 aliphatic heterocycles. The van der Waals surface area contributed by atoms with Gasteiger partial charge in [-0.2, -0.15) is 0 Å². The van der Waals surface area contributed by atoms with Crippen LogP contribution < -0.4 is 10.6 Å². The Morgan fingerprint density at radius 2 is 1.83 bits per heavy atom.